The Kier molecular flexibility index (Phi) is 15.3. The number of unbranched alkanes of at least 4 members (excludes halogenated alkanes) is 6. The first-order valence-corrected chi connectivity index (χ1v) is 4.99. The number of aliphatic carboxylic acids is 1. The summed E-state index contributed by atoms with van der Waals surface area (Å²) in [5.41, 5.74) is 0. The van der Waals surface area contributed by atoms with Crippen LogP contribution in [0.15, 0.2) is 0 Å². The fourth-order valence-corrected chi connectivity index (χ4v) is 1.23. The van der Waals surface area contributed by atoms with Crippen LogP contribution in [0.5, 0.6) is 0 Å². The molecule has 13 heavy (non-hydrogen) atoms. The minimum atomic E-state index is -0.663. The Labute approximate surface area is 103 Å². The van der Waals surface area contributed by atoms with Gasteiger partial charge in [0.2, 0.25) is 0 Å². The summed E-state index contributed by atoms with van der Waals surface area (Å²) in [6.07, 6.45) is 8.64. The van der Waals surface area contributed by atoms with E-state index < -0.39 is 5.97 Å². The molecule has 73 valence electrons. The minimum absolute atomic E-state index is 0. The molecule has 0 aromatic rings. The van der Waals surface area contributed by atoms with Crippen molar-refractivity contribution in [1.82, 2.24) is 0 Å². The summed E-state index contributed by atoms with van der Waals surface area (Å²) in [6.45, 7) is 2.20. The molecular formula is C10H20NaO2. The van der Waals surface area contributed by atoms with Crippen LogP contribution in [0.3, 0.4) is 0 Å². The molecule has 0 saturated heterocycles. The molecule has 0 aliphatic rings. The number of hydrogen-bond acceptors (Lipinski definition) is 1. The van der Waals surface area contributed by atoms with Gasteiger partial charge in [-0.3, -0.25) is 4.79 Å². The molecule has 2 nitrogen and oxygen atoms in total. The van der Waals surface area contributed by atoms with E-state index in [4.69, 9.17) is 5.11 Å². The molecule has 0 aromatic heterocycles. The van der Waals surface area contributed by atoms with Crippen LogP contribution in [0.4, 0.5) is 0 Å². The van der Waals surface area contributed by atoms with Crippen molar-refractivity contribution in [1.29, 1.82) is 0 Å². The molecule has 0 atom stereocenters. The van der Waals surface area contributed by atoms with E-state index in [1.807, 2.05) is 0 Å². The molecule has 0 aliphatic heterocycles. The second kappa shape index (κ2) is 12.5. The van der Waals surface area contributed by atoms with Gasteiger partial charge in [-0.2, -0.15) is 0 Å². The van der Waals surface area contributed by atoms with E-state index in [0.717, 1.165) is 12.8 Å². The summed E-state index contributed by atoms with van der Waals surface area (Å²) in [5.74, 6) is -0.663. The van der Waals surface area contributed by atoms with Crippen molar-refractivity contribution >= 4 is 35.5 Å². The van der Waals surface area contributed by atoms with Crippen molar-refractivity contribution in [2.75, 3.05) is 0 Å². The Morgan fingerprint density at radius 1 is 1.00 bits per heavy atom. The van der Waals surface area contributed by atoms with E-state index >= 15 is 0 Å². The summed E-state index contributed by atoms with van der Waals surface area (Å²) in [7, 11) is 0. The fraction of sp³-hybridized carbons (Fsp3) is 0.900. The van der Waals surface area contributed by atoms with E-state index in [9.17, 15) is 4.79 Å². The quantitative estimate of drug-likeness (QED) is 0.477. The minimum Gasteiger partial charge on any atom is -0.481 e. The zero-order valence-corrected chi connectivity index (χ0v) is 11.0. The number of hydrogen-bond donors (Lipinski definition) is 1. The third kappa shape index (κ3) is 15.2. The summed E-state index contributed by atoms with van der Waals surface area (Å²) >= 11 is 0. The summed E-state index contributed by atoms with van der Waals surface area (Å²) < 4.78 is 0. The molecular weight excluding hydrogens is 175 g/mol. The van der Waals surface area contributed by atoms with Gasteiger partial charge in [0.05, 0.1) is 0 Å². The fourth-order valence-electron chi connectivity index (χ4n) is 1.23. The van der Waals surface area contributed by atoms with E-state index in [0.29, 0.717) is 6.42 Å². The van der Waals surface area contributed by atoms with Crippen molar-refractivity contribution in [2.24, 2.45) is 0 Å². The molecule has 0 amide bonds. The van der Waals surface area contributed by atoms with Gasteiger partial charge in [0.15, 0.2) is 0 Å². The SMILES string of the molecule is CCCCCCCCCC(=O)O.[Na]. The van der Waals surface area contributed by atoms with Crippen molar-refractivity contribution in [2.45, 2.75) is 58.3 Å². The largest absolute Gasteiger partial charge is 0.481 e. The number of rotatable bonds is 8. The van der Waals surface area contributed by atoms with E-state index in [2.05, 4.69) is 6.92 Å². The van der Waals surface area contributed by atoms with Gasteiger partial charge in [-0.1, -0.05) is 45.4 Å². The molecule has 1 radical (unpaired) electrons. The van der Waals surface area contributed by atoms with E-state index in [-0.39, 0.29) is 29.6 Å². The van der Waals surface area contributed by atoms with Crippen LogP contribution in [0, 0.1) is 0 Å². The Morgan fingerprint density at radius 2 is 1.46 bits per heavy atom. The Balaban J connectivity index is 0. The summed E-state index contributed by atoms with van der Waals surface area (Å²) in [6, 6.07) is 0. The van der Waals surface area contributed by atoms with Gasteiger partial charge >= 0.3 is 5.97 Å². The first-order valence-electron chi connectivity index (χ1n) is 4.99. The summed E-state index contributed by atoms with van der Waals surface area (Å²) in [4.78, 5) is 10.1. The molecule has 0 spiro atoms. The molecule has 0 bridgehead atoms. The van der Waals surface area contributed by atoms with Gasteiger partial charge in [0, 0.05) is 36.0 Å². The Hall–Kier alpha value is 0.470. The first-order chi connectivity index (χ1) is 5.77. The van der Waals surface area contributed by atoms with Gasteiger partial charge < -0.3 is 5.11 Å². The monoisotopic (exact) mass is 195 g/mol. The number of carboxylic acids is 1. The van der Waals surface area contributed by atoms with Crippen LogP contribution in [0.1, 0.15) is 58.3 Å². The van der Waals surface area contributed by atoms with Gasteiger partial charge in [-0.25, -0.2) is 0 Å². The third-order valence-electron chi connectivity index (χ3n) is 1.99. The topological polar surface area (TPSA) is 37.3 Å². The molecule has 0 unspecified atom stereocenters. The second-order valence-electron chi connectivity index (χ2n) is 3.27. The normalized spacial score (nSPS) is 9.31. The molecule has 0 aromatic carbocycles. The van der Waals surface area contributed by atoms with Crippen LogP contribution >= 0.6 is 0 Å². The zero-order valence-electron chi connectivity index (χ0n) is 9.01. The Bertz CT molecular complexity index is 115. The summed E-state index contributed by atoms with van der Waals surface area (Å²) in [5, 5.41) is 8.35. The number of carboxylic acid groups (broad SMARTS) is 1. The molecule has 1 N–H and O–H groups in total. The van der Waals surface area contributed by atoms with Crippen LogP contribution < -0.4 is 0 Å². The molecule has 3 heteroatoms. The maximum absolute atomic E-state index is 10.1. The van der Waals surface area contributed by atoms with E-state index in [1.165, 1.54) is 32.1 Å². The molecule has 0 fully saturated rings. The average Bonchev–Trinajstić information content (AvgIpc) is 2.02. The maximum atomic E-state index is 10.1. The van der Waals surface area contributed by atoms with Crippen molar-refractivity contribution in [3.8, 4) is 0 Å². The van der Waals surface area contributed by atoms with E-state index in [1.54, 1.807) is 0 Å². The maximum Gasteiger partial charge on any atom is 0.303 e. The number of carbonyl (C=O) groups is 1. The standard InChI is InChI=1S/C10H20O2.Na/c1-2-3-4-5-6-7-8-9-10(11)12;/h2-9H2,1H3,(H,11,12);. The average molecular weight is 195 g/mol. The molecule has 0 heterocycles. The van der Waals surface area contributed by atoms with Gasteiger partial charge in [-0.15, -0.1) is 0 Å². The molecule has 0 rings (SSSR count). The smallest absolute Gasteiger partial charge is 0.303 e. The van der Waals surface area contributed by atoms with Gasteiger partial charge in [0.25, 0.3) is 0 Å². The van der Waals surface area contributed by atoms with Crippen molar-refractivity contribution in [3.05, 3.63) is 0 Å². The van der Waals surface area contributed by atoms with Crippen LogP contribution in [0.2, 0.25) is 0 Å². The predicted molar refractivity (Wildman–Crippen MR) is 56.0 cm³/mol. The third-order valence-corrected chi connectivity index (χ3v) is 1.99. The molecule has 0 saturated carbocycles. The van der Waals surface area contributed by atoms with Crippen LogP contribution in [0.25, 0.3) is 0 Å². The van der Waals surface area contributed by atoms with Crippen molar-refractivity contribution in [3.63, 3.8) is 0 Å². The molecule has 0 aliphatic carbocycles. The van der Waals surface area contributed by atoms with Crippen molar-refractivity contribution < 1.29 is 9.90 Å². The van der Waals surface area contributed by atoms with Gasteiger partial charge in [-0.05, 0) is 6.42 Å². The first kappa shape index (κ1) is 15.9. The van der Waals surface area contributed by atoms with Crippen LogP contribution in [-0.2, 0) is 4.79 Å². The zero-order chi connectivity index (χ0) is 9.23. The second-order valence-corrected chi connectivity index (χ2v) is 3.27. The van der Waals surface area contributed by atoms with Crippen LogP contribution in [-0.4, -0.2) is 40.6 Å². The Morgan fingerprint density at radius 3 is 1.92 bits per heavy atom. The predicted octanol–water partition coefficient (Wildman–Crippen LogP) is 2.83. The van der Waals surface area contributed by atoms with Gasteiger partial charge in [0.1, 0.15) is 0 Å².